The number of ether oxygens (including phenoxy) is 3. The third-order valence-corrected chi connectivity index (χ3v) is 6.43. The SMILES string of the molecule is CCOC(=O)C1=C(c2ccccc2)OC(N)=C(C#N)[C@H]1c1ccc(OC)c(Cn2nc(C)c([N+](=O)[O-])c2C)c1. The van der Waals surface area contributed by atoms with E-state index in [1.807, 2.05) is 6.07 Å². The number of nitrogens with two attached hydrogens (primary N) is 1. The Kier molecular flexibility index (Phi) is 7.67. The first kappa shape index (κ1) is 26.9. The number of aryl methyl sites for hydroxylation is 1. The average molecular weight is 530 g/mol. The fourth-order valence-corrected chi connectivity index (χ4v) is 4.68. The summed E-state index contributed by atoms with van der Waals surface area (Å²) in [6.07, 6.45) is 0. The number of carbonyl (C=O) groups excluding carboxylic acids is 1. The van der Waals surface area contributed by atoms with Gasteiger partial charge in [-0.2, -0.15) is 10.4 Å². The summed E-state index contributed by atoms with van der Waals surface area (Å²) < 4.78 is 18.3. The van der Waals surface area contributed by atoms with Crippen LogP contribution in [0.5, 0.6) is 5.75 Å². The molecule has 0 unspecified atom stereocenters. The molecule has 1 aromatic heterocycles. The molecule has 11 nitrogen and oxygen atoms in total. The van der Waals surface area contributed by atoms with Crippen LogP contribution in [0.1, 0.15) is 40.9 Å². The molecule has 39 heavy (non-hydrogen) atoms. The normalized spacial score (nSPS) is 15.0. The first-order chi connectivity index (χ1) is 18.7. The van der Waals surface area contributed by atoms with Gasteiger partial charge in [0.05, 0.1) is 36.7 Å². The lowest BCUT2D eigenvalue weighted by atomic mass is 9.81. The molecule has 0 spiro atoms. The number of hydrogen-bond donors (Lipinski definition) is 1. The number of aromatic nitrogens is 2. The summed E-state index contributed by atoms with van der Waals surface area (Å²) in [5.41, 5.74) is 8.79. The molecule has 11 heteroatoms. The van der Waals surface area contributed by atoms with E-state index in [2.05, 4.69) is 11.2 Å². The minimum absolute atomic E-state index is 0.0515. The predicted octanol–water partition coefficient (Wildman–Crippen LogP) is 4.25. The zero-order valence-corrected chi connectivity index (χ0v) is 21.9. The Bertz CT molecular complexity index is 1550. The van der Waals surface area contributed by atoms with Crippen LogP contribution in [0.4, 0.5) is 5.69 Å². The monoisotopic (exact) mass is 529 g/mol. The van der Waals surface area contributed by atoms with Gasteiger partial charge in [-0.25, -0.2) is 4.79 Å². The van der Waals surface area contributed by atoms with Crippen LogP contribution in [-0.4, -0.2) is 34.4 Å². The van der Waals surface area contributed by atoms with Crippen molar-refractivity contribution >= 4 is 17.4 Å². The van der Waals surface area contributed by atoms with Gasteiger partial charge in [0, 0.05) is 11.1 Å². The minimum Gasteiger partial charge on any atom is -0.496 e. The lowest BCUT2D eigenvalue weighted by Gasteiger charge is -2.28. The fourth-order valence-electron chi connectivity index (χ4n) is 4.68. The van der Waals surface area contributed by atoms with Gasteiger partial charge >= 0.3 is 11.7 Å². The van der Waals surface area contributed by atoms with Gasteiger partial charge in [-0.3, -0.25) is 14.8 Å². The Balaban J connectivity index is 1.91. The second-order valence-corrected chi connectivity index (χ2v) is 8.76. The van der Waals surface area contributed by atoms with E-state index in [9.17, 15) is 20.2 Å². The fraction of sp³-hybridized carbons (Fsp3) is 0.250. The van der Waals surface area contributed by atoms with E-state index in [0.29, 0.717) is 33.8 Å². The molecule has 2 aromatic carbocycles. The van der Waals surface area contributed by atoms with Gasteiger partial charge in [0.15, 0.2) is 0 Å². The molecular weight excluding hydrogens is 502 g/mol. The number of rotatable bonds is 8. The lowest BCUT2D eigenvalue weighted by molar-refractivity contribution is -0.386. The molecule has 1 aliphatic rings. The molecule has 0 radical (unpaired) electrons. The Morgan fingerprint density at radius 1 is 1.26 bits per heavy atom. The molecule has 2 heterocycles. The zero-order chi connectivity index (χ0) is 28.3. The van der Waals surface area contributed by atoms with Crippen molar-refractivity contribution in [1.29, 1.82) is 5.26 Å². The van der Waals surface area contributed by atoms with Crippen LogP contribution in [-0.2, 0) is 20.8 Å². The number of methoxy groups -OCH3 is 1. The van der Waals surface area contributed by atoms with Crippen molar-refractivity contribution in [3.05, 3.63) is 104 Å². The van der Waals surface area contributed by atoms with Gasteiger partial charge in [-0.1, -0.05) is 36.4 Å². The number of carbonyl (C=O) groups is 1. The number of nitro groups is 1. The summed E-state index contributed by atoms with van der Waals surface area (Å²) in [6.45, 7) is 5.14. The molecule has 0 saturated heterocycles. The first-order valence-electron chi connectivity index (χ1n) is 12.1. The van der Waals surface area contributed by atoms with Crippen molar-refractivity contribution in [2.75, 3.05) is 13.7 Å². The average Bonchev–Trinajstić information content (AvgIpc) is 3.20. The summed E-state index contributed by atoms with van der Waals surface area (Å²) in [4.78, 5) is 24.4. The summed E-state index contributed by atoms with van der Waals surface area (Å²) in [6, 6.07) is 16.3. The van der Waals surface area contributed by atoms with E-state index >= 15 is 0 Å². The zero-order valence-electron chi connectivity index (χ0n) is 21.9. The summed E-state index contributed by atoms with van der Waals surface area (Å²) in [5.74, 6) is -0.977. The topological polar surface area (TPSA) is 156 Å². The highest BCUT2D eigenvalue weighted by molar-refractivity contribution is 5.99. The molecule has 0 amide bonds. The van der Waals surface area contributed by atoms with Crippen LogP contribution in [0.2, 0.25) is 0 Å². The molecule has 0 bridgehead atoms. The summed E-state index contributed by atoms with van der Waals surface area (Å²) >= 11 is 0. The largest absolute Gasteiger partial charge is 0.496 e. The van der Waals surface area contributed by atoms with Crippen molar-refractivity contribution in [2.24, 2.45) is 5.73 Å². The molecular formula is C28H27N5O6. The minimum atomic E-state index is -0.905. The highest BCUT2D eigenvalue weighted by Gasteiger charge is 2.38. The number of hydrogen-bond acceptors (Lipinski definition) is 9. The maximum atomic E-state index is 13.3. The van der Waals surface area contributed by atoms with Crippen LogP contribution in [0.25, 0.3) is 5.76 Å². The molecule has 1 atom stereocenters. The van der Waals surface area contributed by atoms with Crippen LogP contribution in [0, 0.1) is 35.3 Å². The molecule has 3 aromatic rings. The third kappa shape index (κ3) is 5.04. The first-order valence-corrected chi connectivity index (χ1v) is 12.1. The Morgan fingerprint density at radius 3 is 2.56 bits per heavy atom. The molecule has 4 rings (SSSR count). The number of esters is 1. The van der Waals surface area contributed by atoms with E-state index < -0.39 is 16.8 Å². The second-order valence-electron chi connectivity index (χ2n) is 8.76. The van der Waals surface area contributed by atoms with Gasteiger partial charge in [0.1, 0.15) is 34.5 Å². The van der Waals surface area contributed by atoms with Crippen molar-refractivity contribution in [1.82, 2.24) is 9.78 Å². The van der Waals surface area contributed by atoms with Crippen molar-refractivity contribution in [3.63, 3.8) is 0 Å². The van der Waals surface area contributed by atoms with E-state index in [4.69, 9.17) is 19.9 Å². The van der Waals surface area contributed by atoms with Crippen LogP contribution < -0.4 is 10.5 Å². The third-order valence-electron chi connectivity index (χ3n) is 6.43. The maximum Gasteiger partial charge on any atom is 0.338 e. The van der Waals surface area contributed by atoms with Crippen LogP contribution >= 0.6 is 0 Å². The Morgan fingerprint density at radius 2 is 1.97 bits per heavy atom. The Labute approximate surface area is 224 Å². The summed E-state index contributed by atoms with van der Waals surface area (Å²) in [7, 11) is 1.51. The van der Waals surface area contributed by atoms with Crippen molar-refractivity contribution < 1.29 is 23.9 Å². The van der Waals surface area contributed by atoms with Gasteiger partial charge in [0.2, 0.25) is 5.88 Å². The highest BCUT2D eigenvalue weighted by Crippen LogP contribution is 2.43. The van der Waals surface area contributed by atoms with Crippen molar-refractivity contribution in [3.8, 4) is 11.8 Å². The van der Waals surface area contributed by atoms with Crippen LogP contribution in [0.3, 0.4) is 0 Å². The summed E-state index contributed by atoms with van der Waals surface area (Å²) in [5, 5.41) is 25.9. The van der Waals surface area contributed by atoms with E-state index in [1.54, 1.807) is 63.2 Å². The van der Waals surface area contributed by atoms with E-state index in [-0.39, 0.29) is 41.6 Å². The number of nitrogens with zero attached hydrogens (tertiary/aromatic N) is 4. The quantitative estimate of drug-likeness (QED) is 0.256. The highest BCUT2D eigenvalue weighted by atomic mass is 16.6. The smallest absolute Gasteiger partial charge is 0.338 e. The number of nitriles is 1. The van der Waals surface area contributed by atoms with Gasteiger partial charge < -0.3 is 19.9 Å². The lowest BCUT2D eigenvalue weighted by Crippen LogP contribution is -2.26. The molecule has 0 saturated carbocycles. The van der Waals surface area contributed by atoms with Gasteiger partial charge in [-0.15, -0.1) is 0 Å². The maximum absolute atomic E-state index is 13.3. The van der Waals surface area contributed by atoms with Gasteiger partial charge in [-0.05, 0) is 38.5 Å². The number of benzene rings is 2. The molecule has 200 valence electrons. The van der Waals surface area contributed by atoms with Crippen LogP contribution in [0.15, 0.2) is 65.6 Å². The molecule has 2 N–H and O–H groups in total. The van der Waals surface area contributed by atoms with E-state index in [0.717, 1.165) is 0 Å². The molecule has 1 aliphatic heterocycles. The van der Waals surface area contributed by atoms with Gasteiger partial charge in [0.25, 0.3) is 0 Å². The van der Waals surface area contributed by atoms with Crippen molar-refractivity contribution in [2.45, 2.75) is 33.2 Å². The standard InChI is InChI=1S/C28H27N5O6/c1-5-38-28(34)24-23(21(14-29)27(30)39-26(24)18-9-7-6-8-10-18)19-11-12-22(37-4)20(13-19)15-32-17(3)25(33(35)36)16(2)31-32/h6-13,23H,5,15,30H2,1-4H3/t23-/m1/s1. The predicted molar refractivity (Wildman–Crippen MR) is 141 cm³/mol. The second kappa shape index (κ2) is 11.1. The Hall–Kier alpha value is -5.11. The molecule has 0 aliphatic carbocycles. The number of allylic oxidation sites excluding steroid dienone is 1. The molecule has 0 fully saturated rings. The van der Waals surface area contributed by atoms with E-state index in [1.165, 1.54) is 11.8 Å².